The third kappa shape index (κ3) is 9.82. The Bertz CT molecular complexity index is 1180. The molecule has 2 aromatic carbocycles. The van der Waals surface area contributed by atoms with Crippen LogP contribution in [0.2, 0.25) is 5.02 Å². The third-order valence-corrected chi connectivity index (χ3v) is 7.81. The molecule has 3 N–H and O–H groups in total. The minimum atomic E-state index is -1.26. The lowest BCUT2D eigenvalue weighted by atomic mass is 9.84. The first kappa shape index (κ1) is 31.5. The van der Waals surface area contributed by atoms with Gasteiger partial charge < -0.3 is 30.3 Å². The molecule has 0 aromatic heterocycles. The Morgan fingerprint density at radius 3 is 2.29 bits per heavy atom. The number of carbonyl (C=O) groups excluding carboxylic acids is 4. The molecule has 10 nitrogen and oxygen atoms in total. The molecular formula is C31H39ClN4O6. The van der Waals surface area contributed by atoms with Gasteiger partial charge >= 0.3 is 6.03 Å². The Morgan fingerprint density at radius 1 is 0.905 bits per heavy atom. The summed E-state index contributed by atoms with van der Waals surface area (Å²) in [5.74, 6) is -2.01. The summed E-state index contributed by atoms with van der Waals surface area (Å²) in [7, 11) is 0. The summed E-state index contributed by atoms with van der Waals surface area (Å²) in [5.41, 5.74) is 1.27. The van der Waals surface area contributed by atoms with Crippen LogP contribution in [0.4, 0.5) is 10.5 Å². The predicted molar refractivity (Wildman–Crippen MR) is 159 cm³/mol. The average Bonchev–Trinajstić information content (AvgIpc) is 3.02. The maximum Gasteiger partial charge on any atom is 0.318 e. The number of ketones is 1. The van der Waals surface area contributed by atoms with Gasteiger partial charge in [-0.05, 0) is 42.2 Å². The third-order valence-electron chi connectivity index (χ3n) is 7.56. The standard InChI is InChI=1S/C31H39ClN4O6/c32-24-11-13-25(14-12-24)33-30(39)28(37)27(21-42-20-23-9-5-2-6-10-23)34-29(38)26(19-22-7-3-1-4-8-22)35-31(40)36-15-17-41-18-16-36/h2,5-6,9-14,22,26-27H,1,3-4,7-8,15-21H2,(H,33,39)(H,34,38)(H,35,40)/t26-,27+/m0/s1. The predicted octanol–water partition coefficient (Wildman–Crippen LogP) is 3.93. The van der Waals surface area contributed by atoms with Crippen LogP contribution in [0.15, 0.2) is 54.6 Å². The Kier molecular flexibility index (Phi) is 12.2. The van der Waals surface area contributed by atoms with Gasteiger partial charge in [-0.25, -0.2) is 4.79 Å². The molecule has 0 unspecified atom stereocenters. The molecule has 42 heavy (non-hydrogen) atoms. The van der Waals surface area contributed by atoms with Crippen LogP contribution in [0.3, 0.4) is 0 Å². The highest BCUT2D eigenvalue weighted by molar-refractivity contribution is 6.42. The number of Topliss-reactive ketones (excluding diaryl/α,β-unsaturated/α-hetero) is 1. The second-order valence-corrected chi connectivity index (χ2v) is 11.2. The van der Waals surface area contributed by atoms with Crippen molar-refractivity contribution in [3.05, 3.63) is 65.2 Å². The second-order valence-electron chi connectivity index (χ2n) is 10.7. The zero-order valence-corrected chi connectivity index (χ0v) is 24.4. The van der Waals surface area contributed by atoms with E-state index in [1.54, 1.807) is 29.2 Å². The number of amides is 4. The van der Waals surface area contributed by atoms with Crippen LogP contribution in [0.5, 0.6) is 0 Å². The van der Waals surface area contributed by atoms with Crippen molar-refractivity contribution in [2.75, 3.05) is 38.2 Å². The van der Waals surface area contributed by atoms with Gasteiger partial charge in [-0.1, -0.05) is 74.0 Å². The van der Waals surface area contributed by atoms with Gasteiger partial charge in [-0.2, -0.15) is 0 Å². The van der Waals surface area contributed by atoms with E-state index in [0.29, 0.717) is 43.4 Å². The number of carbonyl (C=O) groups is 4. The minimum Gasteiger partial charge on any atom is -0.378 e. The van der Waals surface area contributed by atoms with Crippen molar-refractivity contribution in [2.45, 2.75) is 57.2 Å². The van der Waals surface area contributed by atoms with Crippen LogP contribution in [-0.2, 0) is 30.5 Å². The highest BCUT2D eigenvalue weighted by Gasteiger charge is 2.33. The number of hydrogen-bond acceptors (Lipinski definition) is 6. The number of benzene rings is 2. The highest BCUT2D eigenvalue weighted by Crippen LogP contribution is 2.27. The number of hydrogen-bond donors (Lipinski definition) is 3. The van der Waals surface area contributed by atoms with E-state index in [2.05, 4.69) is 16.0 Å². The number of morpholine rings is 1. The fourth-order valence-electron chi connectivity index (χ4n) is 5.20. The zero-order chi connectivity index (χ0) is 29.7. The molecule has 2 aliphatic rings. The van der Waals surface area contributed by atoms with E-state index in [1.165, 1.54) is 0 Å². The molecule has 11 heteroatoms. The smallest absolute Gasteiger partial charge is 0.318 e. The van der Waals surface area contributed by atoms with Gasteiger partial charge in [0.05, 0.1) is 26.4 Å². The second kappa shape index (κ2) is 16.2. The van der Waals surface area contributed by atoms with Gasteiger partial charge in [0.15, 0.2) is 0 Å². The first-order chi connectivity index (χ1) is 20.4. The Morgan fingerprint density at radius 2 is 1.60 bits per heavy atom. The molecule has 0 bridgehead atoms. The Labute approximate surface area is 251 Å². The average molecular weight is 599 g/mol. The van der Waals surface area contributed by atoms with E-state index < -0.39 is 29.7 Å². The van der Waals surface area contributed by atoms with Crippen molar-refractivity contribution >= 4 is 40.9 Å². The lowest BCUT2D eigenvalue weighted by Crippen LogP contribution is -2.57. The van der Waals surface area contributed by atoms with E-state index in [4.69, 9.17) is 21.1 Å². The van der Waals surface area contributed by atoms with Crippen LogP contribution < -0.4 is 16.0 Å². The van der Waals surface area contributed by atoms with E-state index in [9.17, 15) is 19.2 Å². The van der Waals surface area contributed by atoms with E-state index in [-0.39, 0.29) is 25.2 Å². The minimum absolute atomic E-state index is 0.193. The molecule has 2 atom stereocenters. The van der Waals surface area contributed by atoms with Gasteiger partial charge in [-0.15, -0.1) is 0 Å². The largest absolute Gasteiger partial charge is 0.378 e. The SMILES string of the molecule is O=C(Nc1ccc(Cl)cc1)C(=O)[C@@H](COCc1ccccc1)NC(=O)[C@H](CC1CCCCC1)NC(=O)N1CCOCC1. The molecule has 0 radical (unpaired) electrons. The first-order valence-corrected chi connectivity index (χ1v) is 14.9. The summed E-state index contributed by atoms with van der Waals surface area (Å²) in [4.78, 5) is 54.6. The number of rotatable bonds is 12. The number of nitrogens with one attached hydrogen (secondary N) is 3. The molecular weight excluding hydrogens is 560 g/mol. The monoisotopic (exact) mass is 598 g/mol. The van der Waals surface area contributed by atoms with Crippen molar-refractivity contribution in [3.63, 3.8) is 0 Å². The summed E-state index contributed by atoms with van der Waals surface area (Å²) < 4.78 is 11.1. The van der Waals surface area contributed by atoms with Crippen molar-refractivity contribution in [2.24, 2.45) is 5.92 Å². The molecule has 226 valence electrons. The van der Waals surface area contributed by atoms with Gasteiger partial charge in [0.2, 0.25) is 11.7 Å². The molecule has 1 heterocycles. The van der Waals surface area contributed by atoms with Crippen LogP contribution in [0.25, 0.3) is 0 Å². The van der Waals surface area contributed by atoms with E-state index in [1.807, 2.05) is 30.3 Å². The molecule has 1 saturated carbocycles. The number of urea groups is 1. The van der Waals surface area contributed by atoms with Crippen LogP contribution in [0.1, 0.15) is 44.1 Å². The fourth-order valence-corrected chi connectivity index (χ4v) is 5.33. The van der Waals surface area contributed by atoms with Crippen LogP contribution in [-0.4, -0.2) is 73.5 Å². The van der Waals surface area contributed by atoms with Crippen LogP contribution in [0, 0.1) is 5.92 Å². The Balaban J connectivity index is 1.46. The lowest BCUT2D eigenvalue weighted by Gasteiger charge is -2.31. The lowest BCUT2D eigenvalue weighted by molar-refractivity contribution is -0.139. The summed E-state index contributed by atoms with van der Waals surface area (Å²) in [5, 5.41) is 8.66. The van der Waals surface area contributed by atoms with Gasteiger partial charge in [-0.3, -0.25) is 14.4 Å². The topological polar surface area (TPSA) is 126 Å². The van der Waals surface area contributed by atoms with Crippen molar-refractivity contribution in [3.8, 4) is 0 Å². The molecule has 1 saturated heterocycles. The molecule has 0 spiro atoms. The first-order valence-electron chi connectivity index (χ1n) is 14.5. The number of halogens is 1. The summed E-state index contributed by atoms with van der Waals surface area (Å²) >= 11 is 5.93. The molecule has 1 aliphatic heterocycles. The summed E-state index contributed by atoms with van der Waals surface area (Å²) in [6.45, 7) is 1.71. The molecule has 2 fully saturated rings. The number of ether oxygens (including phenoxy) is 2. The summed E-state index contributed by atoms with van der Waals surface area (Å²) in [6, 6.07) is 13.2. The van der Waals surface area contributed by atoms with E-state index >= 15 is 0 Å². The maximum absolute atomic E-state index is 13.7. The van der Waals surface area contributed by atoms with Gasteiger partial charge in [0.25, 0.3) is 5.91 Å². The molecule has 4 amide bonds. The van der Waals surface area contributed by atoms with Gasteiger partial charge in [0, 0.05) is 23.8 Å². The fraction of sp³-hybridized carbons (Fsp3) is 0.484. The number of anilines is 1. The van der Waals surface area contributed by atoms with Crippen LogP contribution >= 0.6 is 11.6 Å². The number of nitrogens with zero attached hydrogens (tertiary/aromatic N) is 1. The molecule has 1 aliphatic carbocycles. The zero-order valence-electron chi connectivity index (χ0n) is 23.7. The highest BCUT2D eigenvalue weighted by atomic mass is 35.5. The van der Waals surface area contributed by atoms with E-state index in [0.717, 1.165) is 37.7 Å². The quantitative estimate of drug-likeness (QED) is 0.318. The van der Waals surface area contributed by atoms with Crippen molar-refractivity contribution in [1.29, 1.82) is 0 Å². The molecule has 4 rings (SSSR count). The Hall–Kier alpha value is -3.47. The summed E-state index contributed by atoms with van der Waals surface area (Å²) in [6.07, 6.45) is 5.72. The van der Waals surface area contributed by atoms with Crippen molar-refractivity contribution < 1.29 is 28.7 Å². The van der Waals surface area contributed by atoms with Crippen molar-refractivity contribution in [1.82, 2.24) is 15.5 Å². The van der Waals surface area contributed by atoms with Gasteiger partial charge in [0.1, 0.15) is 12.1 Å². The normalized spacial score (nSPS) is 17.1. The maximum atomic E-state index is 13.7. The molecule has 2 aromatic rings.